The van der Waals surface area contributed by atoms with Gasteiger partial charge < -0.3 is 0 Å². The predicted octanol–water partition coefficient (Wildman–Crippen LogP) is 3.80. The molecule has 0 unspecified atom stereocenters. The first-order chi connectivity index (χ1) is 7.75. The molecule has 1 nitrogen and oxygen atoms in total. The van der Waals surface area contributed by atoms with Gasteiger partial charge in [-0.05, 0) is 17.7 Å². The first-order valence-electron chi connectivity index (χ1n) is 5.46. The highest BCUT2D eigenvalue weighted by molar-refractivity contribution is 6.49. The molecule has 16 heavy (non-hydrogen) atoms. The molecule has 0 N–H and O–H groups in total. The second-order valence-electron chi connectivity index (χ2n) is 3.91. The lowest BCUT2D eigenvalue weighted by Gasteiger charge is -1.97. The summed E-state index contributed by atoms with van der Waals surface area (Å²) in [5.74, 6) is 0. The monoisotopic (exact) mass is 254 g/mol. The Morgan fingerprint density at radius 3 is 2.38 bits per heavy atom. The molecule has 1 aromatic rings. The van der Waals surface area contributed by atoms with E-state index in [1.807, 2.05) is 30.3 Å². The maximum absolute atomic E-state index is 6.20. The van der Waals surface area contributed by atoms with Crippen molar-refractivity contribution in [1.82, 2.24) is 0 Å². The third kappa shape index (κ3) is 3.10. The summed E-state index contributed by atoms with van der Waals surface area (Å²) in [5.41, 5.74) is 1.00. The van der Waals surface area contributed by atoms with Crippen LogP contribution in [-0.4, -0.2) is 23.9 Å². The smallest absolute Gasteiger partial charge is 0.164 e. The van der Waals surface area contributed by atoms with Crippen molar-refractivity contribution in [2.75, 3.05) is 13.1 Å². The molecule has 0 atom stereocenters. The quantitative estimate of drug-likeness (QED) is 0.707. The second-order valence-corrected chi connectivity index (χ2v) is 4.76. The standard InChI is InChI=1S/C13H14Cl2N/c14-12-5-3-11(4-6-12)13(15)7-10-16-8-1-2-9-16/h3-7,10H,1-2,8-9H2/q+1/b13-7-. The minimum atomic E-state index is 0.733. The van der Waals surface area contributed by atoms with Crippen LogP contribution in [0.3, 0.4) is 0 Å². The van der Waals surface area contributed by atoms with Gasteiger partial charge in [-0.3, -0.25) is 0 Å². The molecule has 0 radical (unpaired) electrons. The van der Waals surface area contributed by atoms with E-state index in [4.69, 9.17) is 23.2 Å². The summed E-state index contributed by atoms with van der Waals surface area (Å²) < 4.78 is 2.29. The van der Waals surface area contributed by atoms with Crippen LogP contribution < -0.4 is 0 Å². The molecule has 0 aromatic heterocycles. The van der Waals surface area contributed by atoms with Gasteiger partial charge in [-0.15, -0.1) is 0 Å². The number of rotatable bonds is 2. The number of allylic oxidation sites excluding steroid dienone is 1. The molecule has 0 bridgehead atoms. The highest BCUT2D eigenvalue weighted by Gasteiger charge is 2.10. The summed E-state index contributed by atoms with van der Waals surface area (Å²) in [4.78, 5) is 0. The lowest BCUT2D eigenvalue weighted by atomic mass is 10.2. The van der Waals surface area contributed by atoms with Gasteiger partial charge in [0.25, 0.3) is 0 Å². The Balaban J connectivity index is 2.11. The fraction of sp³-hybridized carbons (Fsp3) is 0.308. The van der Waals surface area contributed by atoms with Crippen LogP contribution in [0.1, 0.15) is 18.4 Å². The summed E-state index contributed by atoms with van der Waals surface area (Å²) >= 11 is 12.0. The van der Waals surface area contributed by atoms with Crippen LogP contribution in [0.15, 0.2) is 30.3 Å². The zero-order valence-corrected chi connectivity index (χ0v) is 10.5. The van der Waals surface area contributed by atoms with E-state index in [1.54, 1.807) is 0 Å². The molecule has 1 fully saturated rings. The molecule has 2 rings (SSSR count). The zero-order chi connectivity index (χ0) is 11.4. The van der Waals surface area contributed by atoms with Crippen LogP contribution >= 0.6 is 23.2 Å². The number of halogens is 2. The number of hydrogen-bond acceptors (Lipinski definition) is 0. The van der Waals surface area contributed by atoms with E-state index in [2.05, 4.69) is 10.8 Å². The van der Waals surface area contributed by atoms with Crippen LogP contribution in [0, 0.1) is 0 Å². The molecule has 0 amide bonds. The van der Waals surface area contributed by atoms with Gasteiger partial charge in [-0.25, -0.2) is 4.58 Å². The Morgan fingerprint density at radius 1 is 1.12 bits per heavy atom. The molecule has 1 saturated heterocycles. The Hall–Kier alpha value is -0.790. The molecule has 1 heterocycles. The molecule has 0 saturated carbocycles. The van der Waals surface area contributed by atoms with Crippen molar-refractivity contribution in [2.45, 2.75) is 12.8 Å². The summed E-state index contributed by atoms with van der Waals surface area (Å²) in [6.45, 7) is 2.28. The minimum absolute atomic E-state index is 0.733. The third-order valence-corrected chi connectivity index (χ3v) is 3.29. The molecule has 84 valence electrons. The topological polar surface area (TPSA) is 3.01 Å². The Kier molecular flexibility index (Phi) is 4.03. The molecular formula is C13H14Cl2N+. The van der Waals surface area contributed by atoms with Crippen LogP contribution in [0.5, 0.6) is 0 Å². The summed E-state index contributed by atoms with van der Waals surface area (Å²) in [6.07, 6.45) is 6.59. The lowest BCUT2D eigenvalue weighted by molar-refractivity contribution is -0.500. The first-order valence-corrected chi connectivity index (χ1v) is 6.22. The molecule has 1 aliphatic heterocycles. The summed E-state index contributed by atoms with van der Waals surface area (Å²) in [6, 6.07) is 7.56. The molecular weight excluding hydrogens is 241 g/mol. The highest BCUT2D eigenvalue weighted by Crippen LogP contribution is 2.20. The van der Waals surface area contributed by atoms with Crippen molar-refractivity contribution in [3.63, 3.8) is 0 Å². The second kappa shape index (κ2) is 5.51. The Morgan fingerprint density at radius 2 is 1.75 bits per heavy atom. The maximum Gasteiger partial charge on any atom is 0.164 e. The lowest BCUT2D eigenvalue weighted by Crippen LogP contribution is -2.05. The van der Waals surface area contributed by atoms with Crippen molar-refractivity contribution in [2.24, 2.45) is 0 Å². The number of hydrogen-bond donors (Lipinski definition) is 0. The average molecular weight is 255 g/mol. The van der Waals surface area contributed by atoms with E-state index in [0.29, 0.717) is 0 Å². The van der Waals surface area contributed by atoms with Crippen molar-refractivity contribution >= 4 is 34.4 Å². The number of nitrogens with zero attached hydrogens (tertiary/aromatic N) is 1. The molecule has 0 aliphatic carbocycles. The number of benzene rings is 1. The Bertz CT molecular complexity index is 410. The summed E-state index contributed by atoms with van der Waals surface area (Å²) in [5, 5.41) is 1.49. The molecule has 3 heteroatoms. The van der Waals surface area contributed by atoms with Gasteiger partial charge in [0, 0.05) is 23.9 Å². The van der Waals surface area contributed by atoms with Crippen LogP contribution in [0.25, 0.3) is 5.03 Å². The van der Waals surface area contributed by atoms with Crippen molar-refractivity contribution in [1.29, 1.82) is 0 Å². The van der Waals surface area contributed by atoms with Gasteiger partial charge >= 0.3 is 0 Å². The zero-order valence-electron chi connectivity index (χ0n) is 9.00. The van der Waals surface area contributed by atoms with Crippen LogP contribution in [-0.2, 0) is 0 Å². The van der Waals surface area contributed by atoms with E-state index in [-0.39, 0.29) is 0 Å². The van der Waals surface area contributed by atoms with Crippen LogP contribution in [0.4, 0.5) is 0 Å². The fourth-order valence-corrected chi connectivity index (χ4v) is 2.08. The van der Waals surface area contributed by atoms with E-state index in [9.17, 15) is 0 Å². The van der Waals surface area contributed by atoms with E-state index in [1.165, 1.54) is 12.8 Å². The fourth-order valence-electron chi connectivity index (χ4n) is 1.77. The normalized spacial score (nSPS) is 16.6. The minimum Gasteiger partial charge on any atom is -0.236 e. The first kappa shape index (κ1) is 11.7. The summed E-state index contributed by atoms with van der Waals surface area (Å²) in [7, 11) is 0. The van der Waals surface area contributed by atoms with Crippen LogP contribution in [0.2, 0.25) is 5.02 Å². The molecule has 1 aromatic carbocycles. The van der Waals surface area contributed by atoms with Crippen molar-refractivity contribution in [3.05, 3.63) is 40.9 Å². The third-order valence-electron chi connectivity index (χ3n) is 2.69. The van der Waals surface area contributed by atoms with Gasteiger partial charge in [0.1, 0.15) is 13.1 Å². The maximum atomic E-state index is 6.20. The van der Waals surface area contributed by atoms with E-state index < -0.39 is 0 Å². The SMILES string of the molecule is Cl/C(=C\C=[N+]1CCCC1)c1ccc(Cl)cc1. The van der Waals surface area contributed by atoms with Gasteiger partial charge in [0.15, 0.2) is 6.21 Å². The van der Waals surface area contributed by atoms with E-state index >= 15 is 0 Å². The van der Waals surface area contributed by atoms with Crippen molar-refractivity contribution < 1.29 is 4.58 Å². The van der Waals surface area contributed by atoms with Crippen molar-refractivity contribution in [3.8, 4) is 0 Å². The van der Waals surface area contributed by atoms with E-state index in [0.717, 1.165) is 28.7 Å². The average Bonchev–Trinajstić information content (AvgIpc) is 2.80. The van der Waals surface area contributed by atoms with Gasteiger partial charge in [0.05, 0.1) is 5.03 Å². The van der Waals surface area contributed by atoms with Gasteiger partial charge in [-0.1, -0.05) is 35.3 Å². The molecule has 1 aliphatic rings. The Labute approximate surface area is 106 Å². The highest BCUT2D eigenvalue weighted by atomic mass is 35.5. The largest absolute Gasteiger partial charge is 0.236 e. The van der Waals surface area contributed by atoms with Gasteiger partial charge in [-0.2, -0.15) is 0 Å². The molecule has 0 spiro atoms. The predicted molar refractivity (Wildman–Crippen MR) is 70.6 cm³/mol. The van der Waals surface area contributed by atoms with Gasteiger partial charge in [0.2, 0.25) is 0 Å².